The molecule has 0 aromatic heterocycles. The topological polar surface area (TPSA) is 101 Å². The van der Waals surface area contributed by atoms with E-state index in [1.807, 2.05) is 0 Å². The number of nitrogens with zero attached hydrogens (tertiary/aromatic N) is 3. The molecule has 2 rings (SSSR count). The van der Waals surface area contributed by atoms with Crippen molar-refractivity contribution in [2.75, 3.05) is 26.2 Å². The van der Waals surface area contributed by atoms with Gasteiger partial charge in [-0.2, -0.15) is 0 Å². The van der Waals surface area contributed by atoms with Crippen molar-refractivity contribution in [3.8, 4) is 0 Å². The molecule has 3 amide bonds. The Labute approximate surface area is 122 Å². The number of amides is 3. The normalized spacial score (nSPS) is 26.6. The minimum absolute atomic E-state index is 0.0197. The van der Waals surface area contributed by atoms with Gasteiger partial charge in [0.15, 0.2) is 0 Å². The highest BCUT2D eigenvalue weighted by molar-refractivity contribution is 5.86. The highest BCUT2D eigenvalue weighted by Gasteiger charge is 2.42. The minimum atomic E-state index is -1.18. The Bertz CT molecular complexity index is 436. The highest BCUT2D eigenvalue weighted by Crippen LogP contribution is 2.19. The molecule has 0 aromatic carbocycles. The SMILES string of the molecule is C[C@@H]1CN(C(=O)O)[C@@H](C(=O)N2CCCCC2)CN1C(=O)O. The van der Waals surface area contributed by atoms with Gasteiger partial charge in [-0.3, -0.25) is 9.69 Å². The predicted molar refractivity (Wildman–Crippen MR) is 73.1 cm³/mol. The van der Waals surface area contributed by atoms with Crippen LogP contribution in [0.3, 0.4) is 0 Å². The van der Waals surface area contributed by atoms with E-state index < -0.39 is 24.3 Å². The lowest BCUT2D eigenvalue weighted by Gasteiger charge is -2.43. The molecule has 2 aliphatic rings. The van der Waals surface area contributed by atoms with E-state index in [1.54, 1.807) is 11.8 Å². The number of piperidine rings is 1. The number of hydrogen-bond donors (Lipinski definition) is 2. The zero-order chi connectivity index (χ0) is 15.6. The van der Waals surface area contributed by atoms with Crippen molar-refractivity contribution in [1.29, 1.82) is 0 Å². The quantitative estimate of drug-likeness (QED) is 0.743. The fraction of sp³-hybridized carbons (Fsp3) is 0.769. The molecule has 0 saturated carbocycles. The van der Waals surface area contributed by atoms with Crippen LogP contribution in [0, 0.1) is 0 Å². The van der Waals surface area contributed by atoms with Crippen LogP contribution in [0.25, 0.3) is 0 Å². The molecular formula is C13H21N3O5. The van der Waals surface area contributed by atoms with Crippen LogP contribution < -0.4 is 0 Å². The van der Waals surface area contributed by atoms with E-state index in [4.69, 9.17) is 0 Å². The van der Waals surface area contributed by atoms with Gasteiger partial charge in [0.25, 0.3) is 0 Å². The van der Waals surface area contributed by atoms with Gasteiger partial charge in [-0.1, -0.05) is 0 Å². The van der Waals surface area contributed by atoms with Crippen molar-refractivity contribution in [3.63, 3.8) is 0 Å². The van der Waals surface area contributed by atoms with Crippen LogP contribution in [0.4, 0.5) is 9.59 Å². The van der Waals surface area contributed by atoms with Crippen LogP contribution in [0.1, 0.15) is 26.2 Å². The van der Waals surface area contributed by atoms with Crippen LogP contribution in [0.2, 0.25) is 0 Å². The molecule has 2 N–H and O–H groups in total. The molecule has 2 fully saturated rings. The summed E-state index contributed by atoms with van der Waals surface area (Å²) in [6.45, 7) is 2.80. The number of carbonyl (C=O) groups is 3. The van der Waals surface area contributed by atoms with Gasteiger partial charge in [-0.15, -0.1) is 0 Å². The van der Waals surface area contributed by atoms with Gasteiger partial charge < -0.3 is 20.0 Å². The van der Waals surface area contributed by atoms with Gasteiger partial charge in [-0.25, -0.2) is 9.59 Å². The summed E-state index contributed by atoms with van der Waals surface area (Å²) in [6, 6.07) is -1.39. The van der Waals surface area contributed by atoms with E-state index in [2.05, 4.69) is 0 Å². The van der Waals surface area contributed by atoms with Crippen LogP contribution in [0.5, 0.6) is 0 Å². The molecule has 0 unspecified atom stereocenters. The van der Waals surface area contributed by atoms with Crippen molar-refractivity contribution in [2.24, 2.45) is 0 Å². The zero-order valence-electron chi connectivity index (χ0n) is 12.1. The van der Waals surface area contributed by atoms with E-state index >= 15 is 0 Å². The Balaban J connectivity index is 2.17. The lowest BCUT2D eigenvalue weighted by molar-refractivity contribution is -0.139. The lowest BCUT2D eigenvalue weighted by atomic mass is 10.0. The lowest BCUT2D eigenvalue weighted by Crippen LogP contribution is -2.64. The third-order valence-corrected chi connectivity index (χ3v) is 4.18. The molecule has 2 saturated heterocycles. The summed E-state index contributed by atoms with van der Waals surface area (Å²) in [5, 5.41) is 18.5. The van der Waals surface area contributed by atoms with Gasteiger partial charge in [-0.05, 0) is 26.2 Å². The van der Waals surface area contributed by atoms with E-state index in [9.17, 15) is 24.6 Å². The van der Waals surface area contributed by atoms with Gasteiger partial charge in [0.1, 0.15) is 6.04 Å². The maximum atomic E-state index is 12.5. The number of rotatable bonds is 1. The standard InChI is InChI=1S/C13H21N3O5/c1-9-7-16(13(20)21)10(8-15(9)12(18)19)11(17)14-5-3-2-4-6-14/h9-10H,2-8H2,1H3,(H,18,19)(H,20,21)/t9-,10-/m1/s1. The summed E-state index contributed by atoms with van der Waals surface area (Å²) in [6.07, 6.45) is 0.580. The molecular weight excluding hydrogens is 278 g/mol. The van der Waals surface area contributed by atoms with E-state index in [-0.39, 0.29) is 19.0 Å². The van der Waals surface area contributed by atoms with Crippen LogP contribution in [-0.4, -0.2) is 81.3 Å². The smallest absolute Gasteiger partial charge is 0.408 e. The first-order chi connectivity index (χ1) is 9.91. The second kappa shape index (κ2) is 6.19. The molecule has 2 heterocycles. The average molecular weight is 299 g/mol. The van der Waals surface area contributed by atoms with Gasteiger partial charge in [0.05, 0.1) is 12.6 Å². The van der Waals surface area contributed by atoms with Crippen LogP contribution in [-0.2, 0) is 4.79 Å². The predicted octanol–water partition coefficient (Wildman–Crippen LogP) is 0.730. The van der Waals surface area contributed by atoms with Crippen molar-refractivity contribution >= 4 is 18.1 Å². The highest BCUT2D eigenvalue weighted by atomic mass is 16.4. The fourth-order valence-electron chi connectivity index (χ4n) is 2.99. The number of carbonyl (C=O) groups excluding carboxylic acids is 1. The zero-order valence-corrected chi connectivity index (χ0v) is 12.1. The molecule has 8 nitrogen and oxygen atoms in total. The van der Waals surface area contributed by atoms with Crippen molar-refractivity contribution < 1.29 is 24.6 Å². The van der Waals surface area contributed by atoms with Crippen LogP contribution >= 0.6 is 0 Å². The first-order valence-corrected chi connectivity index (χ1v) is 7.19. The third-order valence-electron chi connectivity index (χ3n) is 4.18. The molecule has 118 valence electrons. The van der Waals surface area contributed by atoms with Gasteiger partial charge in [0.2, 0.25) is 5.91 Å². The maximum absolute atomic E-state index is 12.5. The second-order valence-corrected chi connectivity index (χ2v) is 5.62. The molecule has 0 aromatic rings. The maximum Gasteiger partial charge on any atom is 0.408 e. The third kappa shape index (κ3) is 3.20. The Morgan fingerprint density at radius 2 is 1.48 bits per heavy atom. The first kappa shape index (κ1) is 15.4. The number of carboxylic acid groups (broad SMARTS) is 2. The molecule has 2 aliphatic heterocycles. The van der Waals surface area contributed by atoms with Crippen LogP contribution in [0.15, 0.2) is 0 Å². The van der Waals surface area contributed by atoms with E-state index in [1.165, 1.54) is 0 Å². The second-order valence-electron chi connectivity index (χ2n) is 5.62. The number of piperazine rings is 1. The van der Waals surface area contributed by atoms with E-state index in [0.29, 0.717) is 13.1 Å². The van der Waals surface area contributed by atoms with E-state index in [0.717, 1.165) is 29.1 Å². The number of likely N-dealkylation sites (tertiary alicyclic amines) is 1. The van der Waals surface area contributed by atoms with Crippen molar-refractivity contribution in [3.05, 3.63) is 0 Å². The molecule has 0 aliphatic carbocycles. The Kier molecular flexibility index (Phi) is 4.54. The summed E-state index contributed by atoms with van der Waals surface area (Å²) >= 11 is 0. The largest absolute Gasteiger partial charge is 0.465 e. The van der Waals surface area contributed by atoms with Crippen molar-refractivity contribution in [2.45, 2.75) is 38.3 Å². The Hall–Kier alpha value is -1.99. The van der Waals surface area contributed by atoms with Gasteiger partial charge in [0, 0.05) is 19.6 Å². The van der Waals surface area contributed by atoms with Gasteiger partial charge >= 0.3 is 12.2 Å². The minimum Gasteiger partial charge on any atom is -0.465 e. The van der Waals surface area contributed by atoms with Crippen molar-refractivity contribution in [1.82, 2.24) is 14.7 Å². The summed E-state index contributed by atoms with van der Waals surface area (Å²) in [4.78, 5) is 39.0. The average Bonchev–Trinajstić information content (AvgIpc) is 2.46. The number of hydrogen-bond acceptors (Lipinski definition) is 3. The fourth-order valence-corrected chi connectivity index (χ4v) is 2.99. The monoisotopic (exact) mass is 299 g/mol. The molecule has 8 heteroatoms. The Morgan fingerprint density at radius 3 is 2.00 bits per heavy atom. The summed E-state index contributed by atoms with van der Waals surface area (Å²) < 4.78 is 0. The first-order valence-electron chi connectivity index (χ1n) is 7.19. The molecule has 21 heavy (non-hydrogen) atoms. The Morgan fingerprint density at radius 1 is 0.905 bits per heavy atom. The molecule has 0 spiro atoms. The summed E-state index contributed by atoms with van der Waals surface area (Å²) in [5.41, 5.74) is 0. The summed E-state index contributed by atoms with van der Waals surface area (Å²) in [7, 11) is 0. The molecule has 2 atom stereocenters. The molecule has 0 bridgehead atoms. The summed E-state index contributed by atoms with van der Waals surface area (Å²) in [5.74, 6) is -0.282. The molecule has 0 radical (unpaired) electrons.